The maximum absolute atomic E-state index is 13.4. The van der Waals surface area contributed by atoms with E-state index in [1.807, 2.05) is 12.1 Å². The van der Waals surface area contributed by atoms with Gasteiger partial charge in [-0.3, -0.25) is 0 Å². The average Bonchev–Trinajstić information content (AvgIpc) is 2.43. The van der Waals surface area contributed by atoms with E-state index in [0.29, 0.717) is 0 Å². The van der Waals surface area contributed by atoms with Gasteiger partial charge in [0, 0.05) is 10.5 Å². The standard InChI is InChI=1S/C17H19BrFN/c1-3-20-17(15-7-5-4-6-12(15)2)11-13-10-14(19)8-9-16(13)18/h4-10,17,20H,3,11H2,1-2H3. The molecule has 0 aliphatic rings. The maximum Gasteiger partial charge on any atom is 0.123 e. The molecule has 0 spiro atoms. The van der Waals surface area contributed by atoms with Crippen LogP contribution in [0, 0.1) is 12.7 Å². The van der Waals surface area contributed by atoms with Crippen molar-refractivity contribution in [2.45, 2.75) is 26.3 Å². The lowest BCUT2D eigenvalue weighted by atomic mass is 9.95. The fourth-order valence-corrected chi connectivity index (χ4v) is 2.84. The van der Waals surface area contributed by atoms with Crippen LogP contribution in [0.25, 0.3) is 0 Å². The number of nitrogens with one attached hydrogen (secondary N) is 1. The minimum Gasteiger partial charge on any atom is -0.310 e. The van der Waals surface area contributed by atoms with Crippen LogP contribution in [0.4, 0.5) is 4.39 Å². The van der Waals surface area contributed by atoms with Crippen LogP contribution in [-0.4, -0.2) is 6.54 Å². The molecule has 0 amide bonds. The monoisotopic (exact) mass is 335 g/mol. The first-order valence-electron chi connectivity index (χ1n) is 6.84. The van der Waals surface area contributed by atoms with Gasteiger partial charge in [0.2, 0.25) is 0 Å². The van der Waals surface area contributed by atoms with Crippen LogP contribution in [0.5, 0.6) is 0 Å². The normalized spacial score (nSPS) is 12.4. The third-order valence-electron chi connectivity index (χ3n) is 3.45. The lowest BCUT2D eigenvalue weighted by Gasteiger charge is -2.21. The van der Waals surface area contributed by atoms with Crippen LogP contribution in [0.3, 0.4) is 0 Å². The Morgan fingerprint density at radius 1 is 1.20 bits per heavy atom. The minimum absolute atomic E-state index is 0.191. The zero-order valence-electron chi connectivity index (χ0n) is 11.8. The molecule has 0 bridgehead atoms. The van der Waals surface area contributed by atoms with Crippen LogP contribution in [0.2, 0.25) is 0 Å². The van der Waals surface area contributed by atoms with E-state index in [4.69, 9.17) is 0 Å². The number of hydrogen-bond donors (Lipinski definition) is 1. The van der Waals surface area contributed by atoms with Crippen LogP contribution in [-0.2, 0) is 6.42 Å². The third-order valence-corrected chi connectivity index (χ3v) is 4.22. The molecule has 0 aromatic heterocycles. The Balaban J connectivity index is 2.30. The van der Waals surface area contributed by atoms with Crippen molar-refractivity contribution in [3.05, 3.63) is 69.4 Å². The fourth-order valence-electron chi connectivity index (χ4n) is 2.44. The minimum atomic E-state index is -0.191. The number of benzene rings is 2. The summed E-state index contributed by atoms with van der Waals surface area (Å²) in [4.78, 5) is 0. The lowest BCUT2D eigenvalue weighted by Crippen LogP contribution is -2.23. The first-order chi connectivity index (χ1) is 9.61. The predicted molar refractivity (Wildman–Crippen MR) is 85.4 cm³/mol. The Kier molecular flexibility index (Phi) is 5.32. The molecule has 0 aliphatic carbocycles. The Hall–Kier alpha value is -1.19. The quantitative estimate of drug-likeness (QED) is 0.828. The first kappa shape index (κ1) is 15.2. The highest BCUT2D eigenvalue weighted by Gasteiger charge is 2.15. The van der Waals surface area contributed by atoms with E-state index in [1.165, 1.54) is 17.2 Å². The topological polar surface area (TPSA) is 12.0 Å². The maximum atomic E-state index is 13.4. The van der Waals surface area contributed by atoms with Crippen LogP contribution >= 0.6 is 15.9 Å². The van der Waals surface area contributed by atoms with E-state index in [0.717, 1.165) is 23.0 Å². The molecule has 0 radical (unpaired) electrons. The summed E-state index contributed by atoms with van der Waals surface area (Å²) in [6.07, 6.45) is 0.761. The SMILES string of the molecule is CCNC(Cc1cc(F)ccc1Br)c1ccccc1C. The van der Waals surface area contributed by atoms with Gasteiger partial charge in [-0.25, -0.2) is 4.39 Å². The Labute approximate surface area is 128 Å². The molecule has 0 saturated carbocycles. The van der Waals surface area contributed by atoms with E-state index in [2.05, 4.69) is 47.2 Å². The van der Waals surface area contributed by atoms with Gasteiger partial charge in [-0.1, -0.05) is 47.1 Å². The van der Waals surface area contributed by atoms with Crippen molar-refractivity contribution in [3.8, 4) is 0 Å². The fraction of sp³-hybridized carbons (Fsp3) is 0.294. The highest BCUT2D eigenvalue weighted by Crippen LogP contribution is 2.26. The van der Waals surface area contributed by atoms with E-state index in [-0.39, 0.29) is 11.9 Å². The van der Waals surface area contributed by atoms with Crippen molar-refractivity contribution in [2.75, 3.05) is 6.54 Å². The molecular formula is C17H19BrFN. The summed E-state index contributed by atoms with van der Waals surface area (Å²) >= 11 is 3.51. The molecule has 0 aliphatic heterocycles. The molecule has 2 aromatic rings. The van der Waals surface area contributed by atoms with Gasteiger partial charge in [0.1, 0.15) is 5.82 Å². The van der Waals surface area contributed by atoms with Crippen LogP contribution < -0.4 is 5.32 Å². The zero-order valence-corrected chi connectivity index (χ0v) is 13.4. The molecule has 0 heterocycles. The number of hydrogen-bond acceptors (Lipinski definition) is 1. The second kappa shape index (κ2) is 7.00. The molecule has 20 heavy (non-hydrogen) atoms. The molecule has 1 atom stereocenters. The van der Waals surface area contributed by atoms with Gasteiger partial charge in [0.05, 0.1) is 0 Å². The number of likely N-dealkylation sites (N-methyl/N-ethyl adjacent to an activating group) is 1. The highest BCUT2D eigenvalue weighted by molar-refractivity contribution is 9.10. The van der Waals surface area contributed by atoms with E-state index < -0.39 is 0 Å². The highest BCUT2D eigenvalue weighted by atomic mass is 79.9. The number of halogens is 2. The second-order valence-corrected chi connectivity index (χ2v) is 5.76. The van der Waals surface area contributed by atoms with E-state index >= 15 is 0 Å². The van der Waals surface area contributed by atoms with E-state index in [1.54, 1.807) is 12.1 Å². The molecule has 0 saturated heterocycles. The first-order valence-corrected chi connectivity index (χ1v) is 7.64. The van der Waals surface area contributed by atoms with Gasteiger partial charge >= 0.3 is 0 Å². The molecule has 1 unspecified atom stereocenters. The zero-order chi connectivity index (χ0) is 14.5. The van der Waals surface area contributed by atoms with E-state index in [9.17, 15) is 4.39 Å². The Bertz CT molecular complexity index is 583. The molecule has 2 aromatic carbocycles. The van der Waals surface area contributed by atoms with Crippen LogP contribution in [0.1, 0.15) is 29.7 Å². The molecule has 106 valence electrons. The summed E-state index contributed by atoms with van der Waals surface area (Å²) in [5, 5.41) is 3.49. The third kappa shape index (κ3) is 3.68. The molecule has 3 heteroatoms. The summed E-state index contributed by atoms with van der Waals surface area (Å²) in [5.41, 5.74) is 3.51. The molecule has 1 N–H and O–H groups in total. The average molecular weight is 336 g/mol. The van der Waals surface area contributed by atoms with Gasteiger partial charge in [-0.05, 0) is 54.8 Å². The van der Waals surface area contributed by atoms with Gasteiger partial charge < -0.3 is 5.32 Å². The van der Waals surface area contributed by atoms with Crippen molar-refractivity contribution in [3.63, 3.8) is 0 Å². The summed E-state index contributed by atoms with van der Waals surface area (Å²) in [7, 11) is 0. The summed E-state index contributed by atoms with van der Waals surface area (Å²) in [6.45, 7) is 5.08. The summed E-state index contributed by atoms with van der Waals surface area (Å²) < 4.78 is 14.4. The molecule has 1 nitrogen and oxygen atoms in total. The summed E-state index contributed by atoms with van der Waals surface area (Å²) in [6, 6.07) is 13.4. The van der Waals surface area contributed by atoms with Gasteiger partial charge in [0.15, 0.2) is 0 Å². The Morgan fingerprint density at radius 2 is 1.95 bits per heavy atom. The molecular weight excluding hydrogens is 317 g/mol. The smallest absolute Gasteiger partial charge is 0.123 e. The van der Waals surface area contributed by atoms with Crippen molar-refractivity contribution in [1.29, 1.82) is 0 Å². The number of rotatable bonds is 5. The van der Waals surface area contributed by atoms with Gasteiger partial charge in [-0.2, -0.15) is 0 Å². The van der Waals surface area contributed by atoms with Crippen LogP contribution in [0.15, 0.2) is 46.9 Å². The van der Waals surface area contributed by atoms with Crippen molar-refractivity contribution in [2.24, 2.45) is 0 Å². The van der Waals surface area contributed by atoms with Crippen molar-refractivity contribution >= 4 is 15.9 Å². The summed E-state index contributed by atoms with van der Waals surface area (Å²) in [5.74, 6) is -0.191. The Morgan fingerprint density at radius 3 is 2.65 bits per heavy atom. The van der Waals surface area contributed by atoms with Crippen molar-refractivity contribution < 1.29 is 4.39 Å². The lowest BCUT2D eigenvalue weighted by molar-refractivity contribution is 0.543. The molecule has 2 rings (SSSR count). The molecule has 0 fully saturated rings. The van der Waals surface area contributed by atoms with Gasteiger partial charge in [0.25, 0.3) is 0 Å². The predicted octanol–water partition coefficient (Wildman–Crippen LogP) is 4.79. The second-order valence-electron chi connectivity index (χ2n) is 4.91. The van der Waals surface area contributed by atoms with Gasteiger partial charge in [-0.15, -0.1) is 0 Å². The van der Waals surface area contributed by atoms with Crippen molar-refractivity contribution in [1.82, 2.24) is 5.32 Å². The number of aryl methyl sites for hydroxylation is 1. The largest absolute Gasteiger partial charge is 0.310 e.